The molecule has 5 nitrogen and oxygen atoms in total. The second-order valence-electron chi connectivity index (χ2n) is 4.70. The van der Waals surface area contributed by atoms with Crippen LogP contribution in [0, 0.1) is 0 Å². The molecule has 2 aromatic carbocycles. The van der Waals surface area contributed by atoms with Crippen LogP contribution < -0.4 is 15.2 Å². The third kappa shape index (κ3) is 2.76. The summed E-state index contributed by atoms with van der Waals surface area (Å²) in [6.45, 7) is 0.270. The molecule has 1 aliphatic rings. The van der Waals surface area contributed by atoms with Crippen LogP contribution >= 0.6 is 15.9 Å². The molecule has 0 saturated carbocycles. The van der Waals surface area contributed by atoms with Crippen LogP contribution in [0.3, 0.4) is 0 Å². The van der Waals surface area contributed by atoms with Crippen LogP contribution in [0.15, 0.2) is 51.8 Å². The summed E-state index contributed by atoms with van der Waals surface area (Å²) < 4.78 is 33.8. The minimum Gasteiger partial charge on any atom is -0.491 e. The molecule has 1 aliphatic heterocycles. The number of benzene rings is 2. The Morgan fingerprint density at radius 2 is 2.00 bits per heavy atom. The van der Waals surface area contributed by atoms with E-state index >= 15 is 0 Å². The van der Waals surface area contributed by atoms with E-state index in [0.717, 1.165) is 5.56 Å². The summed E-state index contributed by atoms with van der Waals surface area (Å²) in [6, 6.07) is 11.7. The van der Waals surface area contributed by atoms with Gasteiger partial charge >= 0.3 is 0 Å². The predicted octanol–water partition coefficient (Wildman–Crippen LogP) is 2.44. The number of sulfonamides is 1. The maximum atomic E-state index is 12.5. The van der Waals surface area contributed by atoms with Crippen LogP contribution in [0.4, 0.5) is 5.69 Å². The number of rotatable bonds is 3. The van der Waals surface area contributed by atoms with Crippen molar-refractivity contribution < 1.29 is 13.2 Å². The molecule has 110 valence electrons. The van der Waals surface area contributed by atoms with E-state index in [4.69, 9.17) is 10.5 Å². The number of para-hydroxylation sites is 1. The Morgan fingerprint density at radius 3 is 2.81 bits per heavy atom. The van der Waals surface area contributed by atoms with Gasteiger partial charge in [-0.05, 0) is 24.3 Å². The maximum Gasteiger partial charge on any atom is 0.243 e. The number of ether oxygens (including phenoxy) is 1. The molecule has 0 fully saturated rings. The lowest BCUT2D eigenvalue weighted by atomic mass is 10.1. The van der Waals surface area contributed by atoms with Crippen molar-refractivity contribution in [3.05, 3.63) is 52.5 Å². The lowest BCUT2D eigenvalue weighted by Crippen LogP contribution is -2.30. The molecule has 0 saturated heterocycles. The first kappa shape index (κ1) is 14.4. The van der Waals surface area contributed by atoms with Crippen LogP contribution in [-0.4, -0.2) is 15.0 Å². The number of hydrogen-bond acceptors (Lipinski definition) is 4. The highest BCUT2D eigenvalue weighted by molar-refractivity contribution is 9.10. The summed E-state index contributed by atoms with van der Waals surface area (Å²) in [5, 5.41) is 0. The monoisotopic (exact) mass is 368 g/mol. The van der Waals surface area contributed by atoms with Crippen molar-refractivity contribution >= 4 is 31.6 Å². The quantitative estimate of drug-likeness (QED) is 0.815. The fourth-order valence-corrected chi connectivity index (χ4v) is 4.12. The minimum atomic E-state index is -3.72. The van der Waals surface area contributed by atoms with Crippen LogP contribution in [0.25, 0.3) is 0 Å². The maximum absolute atomic E-state index is 12.5. The Balaban J connectivity index is 1.93. The normalized spacial score (nSPS) is 17.3. The molecule has 3 N–H and O–H groups in total. The van der Waals surface area contributed by atoms with Gasteiger partial charge in [-0.1, -0.05) is 34.1 Å². The van der Waals surface area contributed by atoms with Gasteiger partial charge in [-0.25, -0.2) is 8.42 Å². The predicted molar refractivity (Wildman–Crippen MR) is 83.6 cm³/mol. The van der Waals surface area contributed by atoms with E-state index in [1.165, 1.54) is 6.07 Å². The van der Waals surface area contributed by atoms with Crippen molar-refractivity contribution in [1.29, 1.82) is 0 Å². The van der Waals surface area contributed by atoms with Gasteiger partial charge in [0.15, 0.2) is 0 Å². The second-order valence-corrected chi connectivity index (χ2v) is 7.30. The lowest BCUT2D eigenvalue weighted by molar-refractivity contribution is 0.325. The molecule has 1 atom stereocenters. The van der Waals surface area contributed by atoms with Gasteiger partial charge in [0.05, 0.1) is 11.7 Å². The van der Waals surface area contributed by atoms with Crippen molar-refractivity contribution in [1.82, 2.24) is 4.72 Å². The Labute approximate surface area is 131 Å². The topological polar surface area (TPSA) is 81.4 Å². The van der Waals surface area contributed by atoms with Gasteiger partial charge in [0, 0.05) is 10.0 Å². The zero-order valence-corrected chi connectivity index (χ0v) is 13.3. The molecule has 21 heavy (non-hydrogen) atoms. The number of nitrogens with two attached hydrogens (primary N) is 1. The number of nitrogen functional groups attached to an aromatic ring is 1. The lowest BCUT2D eigenvalue weighted by Gasteiger charge is -2.14. The Hall–Kier alpha value is -1.57. The highest BCUT2D eigenvalue weighted by Gasteiger charge is 2.29. The molecule has 0 spiro atoms. The van der Waals surface area contributed by atoms with E-state index in [1.807, 2.05) is 24.3 Å². The van der Waals surface area contributed by atoms with E-state index in [2.05, 4.69) is 20.7 Å². The first-order valence-electron chi connectivity index (χ1n) is 6.26. The Kier molecular flexibility index (Phi) is 3.64. The van der Waals surface area contributed by atoms with Crippen LogP contribution in [-0.2, 0) is 10.0 Å². The van der Waals surface area contributed by atoms with Crippen molar-refractivity contribution in [2.24, 2.45) is 0 Å². The number of nitrogens with one attached hydrogen (secondary N) is 1. The van der Waals surface area contributed by atoms with Crippen LogP contribution in [0.5, 0.6) is 5.75 Å². The van der Waals surface area contributed by atoms with E-state index in [0.29, 0.717) is 10.2 Å². The van der Waals surface area contributed by atoms with E-state index in [1.54, 1.807) is 12.1 Å². The molecule has 2 aromatic rings. The third-order valence-corrected chi connectivity index (χ3v) is 5.28. The van der Waals surface area contributed by atoms with Crippen molar-refractivity contribution in [3.8, 4) is 5.75 Å². The molecule has 1 unspecified atom stereocenters. The van der Waals surface area contributed by atoms with Crippen molar-refractivity contribution in [2.45, 2.75) is 10.9 Å². The first-order chi connectivity index (χ1) is 9.97. The minimum absolute atomic E-state index is 0.0567. The fraction of sp³-hybridized carbons (Fsp3) is 0.143. The molecule has 0 aliphatic carbocycles. The third-order valence-electron chi connectivity index (χ3n) is 3.26. The van der Waals surface area contributed by atoms with Gasteiger partial charge in [0.25, 0.3) is 0 Å². The number of hydrogen-bond donors (Lipinski definition) is 2. The summed E-state index contributed by atoms with van der Waals surface area (Å²) in [6.07, 6.45) is 0. The van der Waals surface area contributed by atoms with E-state index in [9.17, 15) is 8.42 Å². The Morgan fingerprint density at radius 1 is 1.24 bits per heavy atom. The number of anilines is 1. The smallest absolute Gasteiger partial charge is 0.243 e. The molecular formula is C14H13BrN2O3S. The number of halogens is 1. The second kappa shape index (κ2) is 5.32. The SMILES string of the molecule is Nc1ccc(Br)cc1S(=O)(=O)NC1COc2ccccc21. The Bertz CT molecular complexity index is 793. The van der Waals surface area contributed by atoms with E-state index in [-0.39, 0.29) is 17.2 Å². The zero-order valence-electron chi connectivity index (χ0n) is 10.9. The van der Waals surface area contributed by atoms with Crippen LogP contribution in [0.2, 0.25) is 0 Å². The summed E-state index contributed by atoms with van der Waals surface area (Å²) in [5.74, 6) is 0.701. The standard InChI is InChI=1S/C14H13BrN2O3S/c15-9-5-6-11(16)14(7-9)21(18,19)17-12-8-20-13-4-2-1-3-10(12)13/h1-7,12,17H,8,16H2. The fourth-order valence-electron chi connectivity index (χ4n) is 2.25. The summed E-state index contributed by atoms with van der Waals surface area (Å²) in [4.78, 5) is 0.0567. The summed E-state index contributed by atoms with van der Waals surface area (Å²) in [5.41, 5.74) is 6.81. The molecule has 3 rings (SSSR count). The van der Waals surface area contributed by atoms with E-state index < -0.39 is 16.1 Å². The largest absolute Gasteiger partial charge is 0.491 e. The van der Waals surface area contributed by atoms with Crippen molar-refractivity contribution in [3.63, 3.8) is 0 Å². The molecule has 0 bridgehead atoms. The molecular weight excluding hydrogens is 356 g/mol. The highest BCUT2D eigenvalue weighted by atomic mass is 79.9. The first-order valence-corrected chi connectivity index (χ1v) is 8.54. The van der Waals surface area contributed by atoms with Crippen LogP contribution in [0.1, 0.15) is 11.6 Å². The average Bonchev–Trinajstić information content (AvgIpc) is 2.84. The highest BCUT2D eigenvalue weighted by Crippen LogP contribution is 2.33. The molecule has 0 aromatic heterocycles. The summed E-state index contributed by atoms with van der Waals surface area (Å²) >= 11 is 3.25. The van der Waals surface area contributed by atoms with Crippen molar-refractivity contribution in [2.75, 3.05) is 12.3 Å². The molecule has 7 heteroatoms. The van der Waals surface area contributed by atoms with Gasteiger partial charge in [-0.3, -0.25) is 0 Å². The average molecular weight is 369 g/mol. The van der Waals surface area contributed by atoms with Gasteiger partial charge in [-0.2, -0.15) is 4.72 Å². The zero-order chi connectivity index (χ0) is 15.0. The summed E-state index contributed by atoms with van der Waals surface area (Å²) in [7, 11) is -3.72. The van der Waals surface area contributed by atoms with Gasteiger partial charge in [0.1, 0.15) is 17.3 Å². The van der Waals surface area contributed by atoms with Gasteiger partial charge in [0.2, 0.25) is 10.0 Å². The molecule has 0 amide bonds. The van der Waals surface area contributed by atoms with Gasteiger partial charge in [-0.15, -0.1) is 0 Å². The molecule has 0 radical (unpaired) electrons. The van der Waals surface area contributed by atoms with Gasteiger partial charge < -0.3 is 10.5 Å². The molecule has 1 heterocycles. The number of fused-ring (bicyclic) bond motifs is 1.